The summed E-state index contributed by atoms with van der Waals surface area (Å²) in [5.41, 5.74) is 8.62. The van der Waals surface area contributed by atoms with Gasteiger partial charge in [-0.05, 0) is 31.0 Å². The van der Waals surface area contributed by atoms with Gasteiger partial charge in [-0.2, -0.15) is 4.98 Å². The second-order valence-corrected chi connectivity index (χ2v) is 4.93. The summed E-state index contributed by atoms with van der Waals surface area (Å²) in [7, 11) is 1.94. The Labute approximate surface area is 125 Å². The molecule has 112 valence electrons. The number of aryl methyl sites for hydroxylation is 1. The predicted molar refractivity (Wildman–Crippen MR) is 85.0 cm³/mol. The van der Waals surface area contributed by atoms with Crippen molar-refractivity contribution in [2.45, 2.75) is 26.8 Å². The predicted octanol–water partition coefficient (Wildman–Crippen LogP) is 2.80. The van der Waals surface area contributed by atoms with Crippen molar-refractivity contribution in [3.8, 4) is 5.88 Å². The molecule has 5 nitrogen and oxygen atoms in total. The molecule has 0 aliphatic rings. The summed E-state index contributed by atoms with van der Waals surface area (Å²) in [5.74, 6) is 1.24. The first-order valence-corrected chi connectivity index (χ1v) is 7.15. The van der Waals surface area contributed by atoms with Gasteiger partial charge in [-0.25, -0.2) is 4.98 Å². The van der Waals surface area contributed by atoms with Crippen LogP contribution in [0, 0.1) is 6.92 Å². The molecule has 0 aliphatic carbocycles. The summed E-state index contributed by atoms with van der Waals surface area (Å²) in [5, 5.41) is 0. The van der Waals surface area contributed by atoms with Crippen molar-refractivity contribution < 1.29 is 4.74 Å². The fourth-order valence-corrected chi connectivity index (χ4v) is 1.93. The maximum absolute atomic E-state index is 5.62. The maximum Gasteiger partial charge on any atom is 0.233 e. The van der Waals surface area contributed by atoms with E-state index in [1.807, 2.05) is 49.2 Å². The van der Waals surface area contributed by atoms with Crippen LogP contribution in [0.3, 0.4) is 0 Å². The Kier molecular flexibility index (Phi) is 5.11. The number of hydrogen-bond donors (Lipinski definition) is 1. The van der Waals surface area contributed by atoms with Crippen molar-refractivity contribution in [1.29, 1.82) is 0 Å². The summed E-state index contributed by atoms with van der Waals surface area (Å²) < 4.78 is 5.60. The van der Waals surface area contributed by atoms with Crippen molar-refractivity contribution >= 4 is 11.6 Å². The monoisotopic (exact) mass is 286 g/mol. The number of ether oxygens (including phenoxy) is 1. The fourth-order valence-electron chi connectivity index (χ4n) is 1.93. The Balaban J connectivity index is 2.24. The van der Waals surface area contributed by atoms with E-state index >= 15 is 0 Å². The van der Waals surface area contributed by atoms with E-state index in [2.05, 4.69) is 16.9 Å². The molecular formula is C16H22N4O. The molecular weight excluding hydrogens is 264 g/mol. The van der Waals surface area contributed by atoms with Gasteiger partial charge < -0.3 is 15.4 Å². The van der Waals surface area contributed by atoms with Gasteiger partial charge in [0.25, 0.3) is 0 Å². The first-order chi connectivity index (χ1) is 10.1. The Morgan fingerprint density at radius 2 is 1.90 bits per heavy atom. The number of nitrogens with zero attached hydrogens (tertiary/aromatic N) is 3. The van der Waals surface area contributed by atoms with Gasteiger partial charge in [-0.1, -0.05) is 19.1 Å². The Morgan fingerprint density at radius 3 is 2.52 bits per heavy atom. The van der Waals surface area contributed by atoms with Crippen molar-refractivity contribution in [3.05, 3.63) is 41.6 Å². The molecule has 0 unspecified atom stereocenters. The molecule has 0 amide bonds. The number of nitrogens with two attached hydrogens (primary N) is 1. The van der Waals surface area contributed by atoms with Crippen LogP contribution in [0.5, 0.6) is 5.88 Å². The number of rotatable bonds is 6. The Morgan fingerprint density at radius 1 is 1.19 bits per heavy atom. The summed E-state index contributed by atoms with van der Waals surface area (Å²) in [4.78, 5) is 10.9. The van der Waals surface area contributed by atoms with E-state index in [0.29, 0.717) is 25.0 Å². The van der Waals surface area contributed by atoms with Gasteiger partial charge >= 0.3 is 0 Å². The van der Waals surface area contributed by atoms with Gasteiger partial charge in [0.1, 0.15) is 0 Å². The molecule has 21 heavy (non-hydrogen) atoms. The third kappa shape index (κ3) is 3.92. The Bertz CT molecular complexity index is 583. The highest BCUT2D eigenvalue weighted by atomic mass is 16.5. The third-order valence-corrected chi connectivity index (χ3v) is 3.13. The Hall–Kier alpha value is -2.14. The molecule has 0 radical (unpaired) electrons. The largest absolute Gasteiger partial charge is 0.478 e. The minimum absolute atomic E-state index is 0.542. The highest BCUT2D eigenvalue weighted by molar-refractivity contribution is 5.57. The molecule has 1 aromatic carbocycles. The lowest BCUT2D eigenvalue weighted by molar-refractivity contribution is 0.304. The van der Waals surface area contributed by atoms with Crippen LogP contribution < -0.4 is 15.4 Å². The molecule has 0 bridgehead atoms. The molecule has 2 rings (SSSR count). The van der Waals surface area contributed by atoms with Crippen LogP contribution >= 0.6 is 0 Å². The zero-order valence-electron chi connectivity index (χ0n) is 12.8. The summed E-state index contributed by atoms with van der Waals surface area (Å²) >= 11 is 0. The fraction of sp³-hybridized carbons (Fsp3) is 0.375. The maximum atomic E-state index is 5.62. The van der Waals surface area contributed by atoms with Crippen LogP contribution in [-0.4, -0.2) is 23.6 Å². The van der Waals surface area contributed by atoms with Gasteiger partial charge in [0, 0.05) is 31.0 Å². The van der Waals surface area contributed by atoms with E-state index in [4.69, 9.17) is 10.5 Å². The number of hydrogen-bond acceptors (Lipinski definition) is 5. The average Bonchev–Trinajstić information content (AvgIpc) is 2.51. The van der Waals surface area contributed by atoms with Crippen LogP contribution in [0.25, 0.3) is 0 Å². The molecule has 1 heterocycles. The zero-order chi connectivity index (χ0) is 15.2. The van der Waals surface area contributed by atoms with E-state index in [1.165, 1.54) is 0 Å². The third-order valence-electron chi connectivity index (χ3n) is 3.13. The molecule has 2 N–H and O–H groups in total. The molecule has 0 saturated carbocycles. The van der Waals surface area contributed by atoms with Crippen molar-refractivity contribution in [2.75, 3.05) is 18.6 Å². The zero-order valence-corrected chi connectivity index (χ0v) is 12.8. The van der Waals surface area contributed by atoms with E-state index in [1.54, 1.807) is 0 Å². The second kappa shape index (κ2) is 7.04. The SMILES string of the molecule is CCCOc1cc(C)nc(N(C)c2ccc(CN)cc2)n1. The minimum Gasteiger partial charge on any atom is -0.478 e. The molecule has 0 saturated heterocycles. The molecule has 1 aromatic heterocycles. The summed E-state index contributed by atoms with van der Waals surface area (Å²) in [6.45, 7) is 5.21. The first-order valence-electron chi connectivity index (χ1n) is 7.15. The smallest absolute Gasteiger partial charge is 0.233 e. The van der Waals surface area contributed by atoms with E-state index in [-0.39, 0.29) is 0 Å². The van der Waals surface area contributed by atoms with Crippen molar-refractivity contribution in [3.63, 3.8) is 0 Å². The average molecular weight is 286 g/mol. The molecule has 0 fully saturated rings. The summed E-state index contributed by atoms with van der Waals surface area (Å²) in [6, 6.07) is 9.90. The van der Waals surface area contributed by atoms with Crippen molar-refractivity contribution in [1.82, 2.24) is 9.97 Å². The van der Waals surface area contributed by atoms with Crippen molar-refractivity contribution in [2.24, 2.45) is 5.73 Å². The lowest BCUT2D eigenvalue weighted by atomic mass is 10.2. The highest BCUT2D eigenvalue weighted by Gasteiger charge is 2.10. The number of anilines is 2. The van der Waals surface area contributed by atoms with E-state index in [0.717, 1.165) is 23.4 Å². The lowest BCUT2D eigenvalue weighted by Crippen LogP contribution is -2.14. The molecule has 0 atom stereocenters. The highest BCUT2D eigenvalue weighted by Crippen LogP contribution is 2.23. The molecule has 5 heteroatoms. The van der Waals surface area contributed by atoms with Crippen LogP contribution in [-0.2, 0) is 6.54 Å². The van der Waals surface area contributed by atoms with Gasteiger partial charge in [0.15, 0.2) is 0 Å². The minimum atomic E-state index is 0.542. The molecule has 2 aromatic rings. The lowest BCUT2D eigenvalue weighted by Gasteiger charge is -2.18. The van der Waals surface area contributed by atoms with Crippen LogP contribution in [0.2, 0.25) is 0 Å². The van der Waals surface area contributed by atoms with Gasteiger partial charge in [-0.3, -0.25) is 0 Å². The topological polar surface area (TPSA) is 64.3 Å². The van der Waals surface area contributed by atoms with Gasteiger partial charge in [0.2, 0.25) is 11.8 Å². The van der Waals surface area contributed by atoms with Gasteiger partial charge in [0.05, 0.1) is 6.61 Å². The van der Waals surface area contributed by atoms with E-state index < -0.39 is 0 Å². The van der Waals surface area contributed by atoms with Crippen LogP contribution in [0.1, 0.15) is 24.6 Å². The second-order valence-electron chi connectivity index (χ2n) is 4.93. The summed E-state index contributed by atoms with van der Waals surface area (Å²) in [6.07, 6.45) is 0.953. The normalized spacial score (nSPS) is 10.5. The van der Waals surface area contributed by atoms with Gasteiger partial charge in [-0.15, -0.1) is 0 Å². The quantitative estimate of drug-likeness (QED) is 0.884. The number of benzene rings is 1. The first kappa shape index (κ1) is 15.3. The molecule has 0 spiro atoms. The van der Waals surface area contributed by atoms with E-state index in [9.17, 15) is 0 Å². The standard InChI is InChI=1S/C16H22N4O/c1-4-9-21-15-10-12(2)18-16(19-15)20(3)14-7-5-13(11-17)6-8-14/h5-8,10H,4,9,11,17H2,1-3H3. The van der Waals surface area contributed by atoms with Crippen LogP contribution in [0.4, 0.5) is 11.6 Å². The van der Waals surface area contributed by atoms with Crippen LogP contribution in [0.15, 0.2) is 30.3 Å². The number of aromatic nitrogens is 2. The molecule has 0 aliphatic heterocycles.